The van der Waals surface area contributed by atoms with Crippen molar-refractivity contribution >= 4 is 54.6 Å². The summed E-state index contributed by atoms with van der Waals surface area (Å²) in [6, 6.07) is 41.3. The summed E-state index contributed by atoms with van der Waals surface area (Å²) in [5.41, 5.74) is 9.41. The van der Waals surface area contributed by atoms with Crippen molar-refractivity contribution in [1.82, 2.24) is 4.57 Å². The van der Waals surface area contributed by atoms with Crippen molar-refractivity contribution in [2.24, 2.45) is 0 Å². The van der Waals surface area contributed by atoms with Gasteiger partial charge in [0.2, 0.25) is 0 Å². The lowest BCUT2D eigenvalue weighted by molar-refractivity contribution is 1.11. The Bertz CT molecular complexity index is 1970. The molecule has 0 radical (unpaired) electrons. The molecule has 2 aromatic heterocycles. The predicted octanol–water partition coefficient (Wildman–Crippen LogP) is 10.6. The number of nitrogens with zero attached hydrogens (tertiary/aromatic N) is 1. The smallest absolute Gasteiger partial charge is 0.0719 e. The van der Waals surface area contributed by atoms with Crippen LogP contribution in [0.25, 0.3) is 71.2 Å². The second-order valence-corrected chi connectivity index (χ2v) is 10.5. The van der Waals surface area contributed by atoms with Crippen molar-refractivity contribution < 1.29 is 0 Å². The van der Waals surface area contributed by atoms with Gasteiger partial charge in [0.15, 0.2) is 0 Å². The summed E-state index contributed by atoms with van der Waals surface area (Å²) < 4.78 is 4.93. The minimum atomic E-state index is 1.07. The Morgan fingerprint density at radius 1 is 0.553 bits per heavy atom. The monoisotopic (exact) mass is 503 g/mol. The quantitative estimate of drug-likeness (QED) is 0.220. The van der Waals surface area contributed by atoms with Gasteiger partial charge in [-0.3, -0.25) is 0 Å². The van der Waals surface area contributed by atoms with Gasteiger partial charge in [0.25, 0.3) is 0 Å². The van der Waals surface area contributed by atoms with Crippen LogP contribution in [-0.4, -0.2) is 4.57 Å². The van der Waals surface area contributed by atoms with Gasteiger partial charge >= 0.3 is 0 Å². The van der Waals surface area contributed by atoms with Crippen molar-refractivity contribution in [3.05, 3.63) is 140 Å². The van der Waals surface area contributed by atoms with Gasteiger partial charge in [-0.25, -0.2) is 0 Å². The fourth-order valence-corrected chi connectivity index (χ4v) is 6.79. The molecule has 0 fully saturated rings. The molecule has 0 aliphatic carbocycles. The Hall–Kier alpha value is -4.66. The van der Waals surface area contributed by atoms with E-state index in [9.17, 15) is 0 Å². The van der Waals surface area contributed by atoms with Gasteiger partial charge in [0.05, 0.1) is 15.9 Å². The SMILES string of the molecule is C=Cc1c(C=C)n(-c2ccc(-c3ccccc3)cc2)c2c1ccc1c3cc(-c4ccccc4)ccc3sc12. The second kappa shape index (κ2) is 9.02. The maximum absolute atomic E-state index is 4.19. The van der Waals surface area contributed by atoms with Crippen LogP contribution in [0.3, 0.4) is 0 Å². The number of fused-ring (bicyclic) bond motifs is 5. The highest BCUT2D eigenvalue weighted by molar-refractivity contribution is 7.26. The number of thiophene rings is 1. The van der Waals surface area contributed by atoms with Crippen LogP contribution < -0.4 is 0 Å². The van der Waals surface area contributed by atoms with Crippen molar-refractivity contribution in [1.29, 1.82) is 0 Å². The van der Waals surface area contributed by atoms with Crippen LogP contribution in [0.2, 0.25) is 0 Å². The minimum Gasteiger partial charge on any atom is -0.308 e. The number of rotatable bonds is 5. The van der Waals surface area contributed by atoms with E-state index < -0.39 is 0 Å². The Kier molecular flexibility index (Phi) is 5.35. The van der Waals surface area contributed by atoms with E-state index in [1.54, 1.807) is 0 Å². The number of hydrogen-bond acceptors (Lipinski definition) is 1. The van der Waals surface area contributed by atoms with Crippen molar-refractivity contribution in [3.63, 3.8) is 0 Å². The first-order valence-corrected chi connectivity index (χ1v) is 13.6. The summed E-state index contributed by atoms with van der Waals surface area (Å²) in [6.45, 7) is 8.35. The summed E-state index contributed by atoms with van der Waals surface area (Å²) in [6.07, 6.45) is 3.91. The molecule has 0 spiro atoms. The maximum atomic E-state index is 4.19. The van der Waals surface area contributed by atoms with Gasteiger partial charge < -0.3 is 4.57 Å². The Morgan fingerprint density at radius 3 is 1.82 bits per heavy atom. The number of aromatic nitrogens is 1. The molecule has 0 saturated heterocycles. The summed E-state index contributed by atoms with van der Waals surface area (Å²) in [5.74, 6) is 0. The molecule has 1 nitrogen and oxygen atoms in total. The molecule has 7 rings (SSSR count). The molecule has 0 amide bonds. The van der Waals surface area contributed by atoms with E-state index in [0.717, 1.165) is 16.9 Å². The highest BCUT2D eigenvalue weighted by Gasteiger charge is 2.19. The number of hydrogen-bond donors (Lipinski definition) is 0. The van der Waals surface area contributed by atoms with Crippen LogP contribution in [0.1, 0.15) is 11.3 Å². The average molecular weight is 504 g/mol. The highest BCUT2D eigenvalue weighted by atomic mass is 32.1. The molecule has 38 heavy (non-hydrogen) atoms. The highest BCUT2D eigenvalue weighted by Crippen LogP contribution is 2.43. The van der Waals surface area contributed by atoms with Crippen LogP contribution in [0, 0.1) is 0 Å². The first kappa shape index (κ1) is 22.5. The zero-order valence-electron chi connectivity index (χ0n) is 20.9. The molecule has 5 aromatic carbocycles. The van der Waals surface area contributed by atoms with Crippen molar-refractivity contribution in [3.8, 4) is 27.9 Å². The van der Waals surface area contributed by atoms with E-state index in [2.05, 4.69) is 133 Å². The van der Waals surface area contributed by atoms with Crippen molar-refractivity contribution in [2.75, 3.05) is 0 Å². The molecular weight excluding hydrogens is 478 g/mol. The third kappa shape index (κ3) is 3.46. The fraction of sp³-hybridized carbons (Fsp3) is 0. The minimum absolute atomic E-state index is 1.07. The largest absolute Gasteiger partial charge is 0.308 e. The van der Waals surface area contributed by atoms with E-state index in [1.165, 1.54) is 53.3 Å². The van der Waals surface area contributed by atoms with E-state index in [4.69, 9.17) is 0 Å². The predicted molar refractivity (Wildman–Crippen MR) is 167 cm³/mol. The third-order valence-corrected chi connectivity index (χ3v) is 8.57. The zero-order chi connectivity index (χ0) is 25.6. The molecule has 2 heteroatoms. The van der Waals surface area contributed by atoms with Crippen LogP contribution in [0.4, 0.5) is 0 Å². The molecule has 0 N–H and O–H groups in total. The Labute approximate surface area is 226 Å². The molecule has 0 unspecified atom stereocenters. The Balaban J connectivity index is 1.49. The number of benzene rings is 5. The Morgan fingerprint density at radius 2 is 1.16 bits per heavy atom. The van der Waals surface area contributed by atoms with Gasteiger partial charge in [0.1, 0.15) is 0 Å². The molecule has 0 saturated carbocycles. The molecule has 2 heterocycles. The van der Waals surface area contributed by atoms with Crippen LogP contribution in [0.15, 0.2) is 128 Å². The van der Waals surface area contributed by atoms with Gasteiger partial charge in [0, 0.05) is 32.1 Å². The maximum Gasteiger partial charge on any atom is 0.0719 e. The van der Waals surface area contributed by atoms with Gasteiger partial charge in [-0.1, -0.05) is 110 Å². The summed E-state index contributed by atoms with van der Waals surface area (Å²) >= 11 is 1.86. The average Bonchev–Trinajstić information content (AvgIpc) is 3.53. The summed E-state index contributed by atoms with van der Waals surface area (Å²) in [5, 5.41) is 3.77. The van der Waals surface area contributed by atoms with Gasteiger partial charge in [-0.15, -0.1) is 11.3 Å². The topological polar surface area (TPSA) is 4.93 Å². The van der Waals surface area contributed by atoms with Crippen molar-refractivity contribution in [2.45, 2.75) is 0 Å². The molecule has 0 aliphatic heterocycles. The molecule has 0 atom stereocenters. The fourth-order valence-electron chi connectivity index (χ4n) is 5.57. The second-order valence-electron chi connectivity index (χ2n) is 9.47. The lowest BCUT2D eigenvalue weighted by Gasteiger charge is -2.11. The summed E-state index contributed by atoms with van der Waals surface area (Å²) in [4.78, 5) is 0. The first-order valence-electron chi connectivity index (χ1n) is 12.8. The van der Waals surface area contributed by atoms with E-state index in [1.807, 2.05) is 23.5 Å². The van der Waals surface area contributed by atoms with E-state index >= 15 is 0 Å². The van der Waals surface area contributed by atoms with Crippen LogP contribution in [0.5, 0.6) is 0 Å². The van der Waals surface area contributed by atoms with Crippen LogP contribution in [-0.2, 0) is 0 Å². The lowest BCUT2D eigenvalue weighted by Crippen LogP contribution is -1.97. The first-order chi connectivity index (χ1) is 18.8. The lowest BCUT2D eigenvalue weighted by atomic mass is 10.0. The normalized spacial score (nSPS) is 11.4. The third-order valence-electron chi connectivity index (χ3n) is 7.38. The van der Waals surface area contributed by atoms with E-state index in [-0.39, 0.29) is 0 Å². The molecule has 0 bridgehead atoms. The van der Waals surface area contributed by atoms with Gasteiger partial charge in [-0.05, 0) is 52.6 Å². The van der Waals surface area contributed by atoms with E-state index in [0.29, 0.717) is 0 Å². The molecular formula is C36H25NS. The molecule has 180 valence electrons. The zero-order valence-corrected chi connectivity index (χ0v) is 21.7. The standard InChI is InChI=1S/C36H25NS/c1-3-29-30-20-21-31-32-23-27(25-13-9-6-10-14-25)17-22-34(32)38-36(31)35(30)37(33(29)4-2)28-18-15-26(16-19-28)24-11-7-5-8-12-24/h3-23H,1-2H2. The van der Waals surface area contributed by atoms with Gasteiger partial charge in [-0.2, -0.15) is 0 Å². The molecule has 0 aliphatic rings. The summed E-state index contributed by atoms with van der Waals surface area (Å²) in [7, 11) is 0. The van der Waals surface area contributed by atoms with Crippen LogP contribution >= 0.6 is 11.3 Å². The molecule has 7 aromatic rings.